The van der Waals surface area contributed by atoms with Gasteiger partial charge < -0.3 is 10.4 Å². The van der Waals surface area contributed by atoms with Gasteiger partial charge in [0.2, 0.25) is 0 Å². The van der Waals surface area contributed by atoms with Gasteiger partial charge in [-0.15, -0.1) is 0 Å². The highest BCUT2D eigenvalue weighted by molar-refractivity contribution is 5.94. The Bertz CT molecular complexity index is 708. The number of aryl methyl sites for hydroxylation is 2. The van der Waals surface area contributed by atoms with Crippen molar-refractivity contribution in [2.75, 3.05) is 6.61 Å². The van der Waals surface area contributed by atoms with Gasteiger partial charge in [-0.2, -0.15) is 5.10 Å². The molecule has 1 aromatic heterocycles. The molecular formula is C16H17N3O2. The van der Waals surface area contributed by atoms with Crippen molar-refractivity contribution in [3.63, 3.8) is 0 Å². The van der Waals surface area contributed by atoms with Crippen LogP contribution in [0, 0.1) is 18.8 Å². The van der Waals surface area contributed by atoms with Crippen LogP contribution < -0.4 is 5.32 Å². The number of amides is 1. The Kier molecular flexibility index (Phi) is 4.75. The summed E-state index contributed by atoms with van der Waals surface area (Å²) < 4.78 is 1.72. The SMILES string of the molecule is Cc1ccc(C(=O)NCc2ccnn2C)cc1C#CCO. The molecule has 0 aliphatic rings. The fourth-order valence-corrected chi connectivity index (χ4v) is 1.88. The van der Waals surface area contributed by atoms with Crippen molar-refractivity contribution in [1.82, 2.24) is 15.1 Å². The van der Waals surface area contributed by atoms with Crippen LogP contribution in [-0.2, 0) is 13.6 Å². The van der Waals surface area contributed by atoms with Crippen LogP contribution in [0.3, 0.4) is 0 Å². The van der Waals surface area contributed by atoms with Gasteiger partial charge in [-0.25, -0.2) is 0 Å². The lowest BCUT2D eigenvalue weighted by Crippen LogP contribution is -2.24. The van der Waals surface area contributed by atoms with Crippen molar-refractivity contribution >= 4 is 5.91 Å². The van der Waals surface area contributed by atoms with Crippen LogP contribution in [-0.4, -0.2) is 27.4 Å². The second-order valence-electron chi connectivity index (χ2n) is 4.62. The maximum Gasteiger partial charge on any atom is 0.251 e. The number of benzene rings is 1. The van der Waals surface area contributed by atoms with E-state index in [1.165, 1.54) is 0 Å². The zero-order valence-corrected chi connectivity index (χ0v) is 12.1. The fraction of sp³-hybridized carbons (Fsp3) is 0.250. The molecule has 1 amide bonds. The molecule has 5 nitrogen and oxygen atoms in total. The average molecular weight is 283 g/mol. The van der Waals surface area contributed by atoms with Crippen LogP contribution >= 0.6 is 0 Å². The van der Waals surface area contributed by atoms with E-state index < -0.39 is 0 Å². The van der Waals surface area contributed by atoms with Gasteiger partial charge in [-0.3, -0.25) is 9.48 Å². The Morgan fingerprint density at radius 1 is 1.43 bits per heavy atom. The third-order valence-corrected chi connectivity index (χ3v) is 3.15. The molecule has 0 radical (unpaired) electrons. The van der Waals surface area contributed by atoms with Gasteiger partial charge in [-0.1, -0.05) is 17.9 Å². The molecule has 2 N–H and O–H groups in total. The van der Waals surface area contributed by atoms with Gasteiger partial charge in [0.15, 0.2) is 0 Å². The van der Waals surface area contributed by atoms with Gasteiger partial charge in [0.05, 0.1) is 12.2 Å². The summed E-state index contributed by atoms with van der Waals surface area (Å²) in [5.74, 6) is 5.27. The average Bonchev–Trinajstić information content (AvgIpc) is 2.89. The number of rotatable bonds is 3. The van der Waals surface area contributed by atoms with Crippen LogP contribution in [0.15, 0.2) is 30.5 Å². The van der Waals surface area contributed by atoms with E-state index in [0.29, 0.717) is 12.1 Å². The Morgan fingerprint density at radius 3 is 2.90 bits per heavy atom. The molecule has 2 rings (SSSR count). The first-order valence-corrected chi connectivity index (χ1v) is 6.57. The summed E-state index contributed by atoms with van der Waals surface area (Å²) in [5, 5.41) is 15.6. The third-order valence-electron chi connectivity index (χ3n) is 3.15. The topological polar surface area (TPSA) is 67.2 Å². The number of carbonyl (C=O) groups is 1. The van der Waals surface area contributed by atoms with E-state index in [9.17, 15) is 4.79 Å². The second-order valence-corrected chi connectivity index (χ2v) is 4.62. The molecule has 1 aromatic carbocycles. The minimum absolute atomic E-state index is 0.164. The number of aliphatic hydroxyl groups is 1. The Morgan fingerprint density at radius 2 is 2.24 bits per heavy atom. The number of nitrogens with zero attached hydrogens (tertiary/aromatic N) is 2. The highest BCUT2D eigenvalue weighted by Gasteiger charge is 2.08. The molecule has 0 bridgehead atoms. The molecule has 2 aromatic rings. The van der Waals surface area contributed by atoms with Crippen molar-refractivity contribution in [2.24, 2.45) is 7.05 Å². The minimum Gasteiger partial charge on any atom is -0.384 e. The molecule has 0 unspecified atom stereocenters. The summed E-state index contributed by atoms with van der Waals surface area (Å²) in [5.41, 5.74) is 3.19. The van der Waals surface area contributed by atoms with E-state index in [2.05, 4.69) is 22.3 Å². The van der Waals surface area contributed by atoms with Crippen LogP contribution in [0.4, 0.5) is 0 Å². The molecule has 0 atom stereocenters. The van der Waals surface area contributed by atoms with Crippen molar-refractivity contribution in [3.05, 3.63) is 52.8 Å². The van der Waals surface area contributed by atoms with Crippen molar-refractivity contribution < 1.29 is 9.90 Å². The van der Waals surface area contributed by atoms with Crippen molar-refractivity contribution in [1.29, 1.82) is 0 Å². The first-order valence-electron chi connectivity index (χ1n) is 6.57. The lowest BCUT2D eigenvalue weighted by molar-refractivity contribution is 0.0950. The largest absolute Gasteiger partial charge is 0.384 e. The van der Waals surface area contributed by atoms with E-state index in [4.69, 9.17) is 5.11 Å². The Hall–Kier alpha value is -2.58. The normalized spacial score (nSPS) is 9.86. The maximum atomic E-state index is 12.2. The fourth-order valence-electron chi connectivity index (χ4n) is 1.88. The predicted octanol–water partition coefficient (Wildman–Crippen LogP) is 1.00. The lowest BCUT2D eigenvalue weighted by Gasteiger charge is -2.07. The maximum absolute atomic E-state index is 12.2. The molecule has 108 valence electrons. The second kappa shape index (κ2) is 6.73. The molecular weight excluding hydrogens is 266 g/mol. The molecule has 1 heterocycles. The monoisotopic (exact) mass is 283 g/mol. The van der Waals surface area contributed by atoms with E-state index in [1.807, 2.05) is 26.1 Å². The number of hydrogen-bond donors (Lipinski definition) is 2. The van der Waals surface area contributed by atoms with Gasteiger partial charge >= 0.3 is 0 Å². The first kappa shape index (κ1) is 14.8. The summed E-state index contributed by atoms with van der Waals surface area (Å²) in [6.45, 7) is 2.13. The smallest absolute Gasteiger partial charge is 0.251 e. The molecule has 0 spiro atoms. The first-order chi connectivity index (χ1) is 10.1. The standard InChI is InChI=1S/C16H17N3O2/c1-12-5-6-14(10-13(12)4-3-9-20)16(21)17-11-15-7-8-18-19(15)2/h5-8,10,20H,9,11H2,1-2H3,(H,17,21). The van der Waals surface area contributed by atoms with Crippen LogP contribution in [0.1, 0.15) is 27.2 Å². The molecule has 0 aliphatic carbocycles. The van der Waals surface area contributed by atoms with Gasteiger partial charge in [0, 0.05) is 24.4 Å². The number of hydrogen-bond acceptors (Lipinski definition) is 3. The lowest BCUT2D eigenvalue weighted by atomic mass is 10.0. The number of aliphatic hydroxyl groups excluding tert-OH is 1. The van der Waals surface area contributed by atoms with E-state index in [1.54, 1.807) is 23.0 Å². The van der Waals surface area contributed by atoms with Crippen LogP contribution in [0.25, 0.3) is 0 Å². The number of aromatic nitrogens is 2. The summed E-state index contributed by atoms with van der Waals surface area (Å²) in [4.78, 5) is 12.2. The van der Waals surface area contributed by atoms with Gasteiger partial charge in [0.1, 0.15) is 6.61 Å². The molecule has 0 aliphatic heterocycles. The summed E-state index contributed by atoms with van der Waals surface area (Å²) >= 11 is 0. The zero-order valence-electron chi connectivity index (χ0n) is 12.1. The van der Waals surface area contributed by atoms with E-state index in [-0.39, 0.29) is 12.5 Å². The molecule has 0 saturated carbocycles. The molecule has 5 heteroatoms. The molecule has 0 fully saturated rings. The van der Waals surface area contributed by atoms with Crippen LogP contribution in [0.2, 0.25) is 0 Å². The summed E-state index contributed by atoms with van der Waals surface area (Å²) in [7, 11) is 1.83. The highest BCUT2D eigenvalue weighted by Crippen LogP contribution is 2.10. The summed E-state index contributed by atoms with van der Waals surface area (Å²) in [6, 6.07) is 7.20. The Balaban J connectivity index is 2.10. The van der Waals surface area contributed by atoms with Gasteiger partial charge in [0.25, 0.3) is 5.91 Å². The van der Waals surface area contributed by atoms with Crippen molar-refractivity contribution in [3.8, 4) is 11.8 Å². The van der Waals surface area contributed by atoms with Crippen molar-refractivity contribution in [2.45, 2.75) is 13.5 Å². The predicted molar refractivity (Wildman–Crippen MR) is 79.5 cm³/mol. The number of nitrogens with one attached hydrogen (secondary N) is 1. The van der Waals surface area contributed by atoms with Gasteiger partial charge in [-0.05, 0) is 30.7 Å². The third kappa shape index (κ3) is 3.71. The Labute approximate surface area is 123 Å². The zero-order chi connectivity index (χ0) is 15.2. The molecule has 21 heavy (non-hydrogen) atoms. The molecule has 0 saturated heterocycles. The van der Waals surface area contributed by atoms with E-state index >= 15 is 0 Å². The summed E-state index contributed by atoms with van der Waals surface area (Å²) in [6.07, 6.45) is 1.69. The highest BCUT2D eigenvalue weighted by atomic mass is 16.2. The van der Waals surface area contributed by atoms with Crippen LogP contribution in [0.5, 0.6) is 0 Å². The van der Waals surface area contributed by atoms with E-state index in [0.717, 1.165) is 16.8 Å². The quantitative estimate of drug-likeness (QED) is 0.826. The number of carbonyl (C=O) groups excluding carboxylic acids is 1. The minimum atomic E-state index is -0.198.